The third kappa shape index (κ3) is 21.8. The van der Waals surface area contributed by atoms with Crippen LogP contribution in [0.4, 0.5) is 34.1 Å². The standard InChI is InChI=1S/C21H16N2O2S.C19H14N2O2S.C15H11BrN2O2S.3C15H12N2O2S/c1-26(25)12-10-16-7-8-18(14-20(16)26)23-21(24)17-9-11-22-19(13-17)15-5-3-2-4-6-15;1-24(23)9-8-13-6-7-16(11-18(13)24)21-19(22)15-10-14-4-2-3-5-17(14)20-12-15;1-21(20)7-5-10-2-3-12(9-13(10)21)18-15(19)11-4-6-17-14(16)8-11;1-20(19)9-6-11-2-3-13(10-14(11)20)17-15(18)12-4-7-16-8-5-12;1-20(19)8-6-11-4-5-13(9-14(11)20)17-15(18)12-3-2-7-16-10-12;1-20(19)9-7-11-5-6-12(10-14(11)20)17-15(18)13-4-2-3-8-16-13/h2-14H,1H2,(H,23,24);2-12H,1H2,(H,21,22);2-9H,1H2,(H,18,19);3*2-10H,1H2,(H,17,18). The van der Waals surface area contributed by atoms with Crippen LogP contribution < -0.4 is 31.9 Å². The smallest absolute Gasteiger partial charge is 0.274 e. The largest absolute Gasteiger partial charge is 0.322 e. The van der Waals surface area contributed by atoms with Crippen LogP contribution in [0.1, 0.15) is 95.7 Å². The average Bonchev–Trinajstić information content (AvgIpc) is 1.67. The predicted octanol–water partition coefficient (Wildman–Crippen LogP) is 17.9. The second kappa shape index (κ2) is 38.4. The van der Waals surface area contributed by atoms with Crippen molar-refractivity contribution in [3.8, 4) is 11.3 Å². The number of nitrogens with one attached hydrogen (secondary N) is 6. The number of pyridine rings is 6. The lowest BCUT2D eigenvalue weighted by Crippen LogP contribution is -2.13. The summed E-state index contributed by atoms with van der Waals surface area (Å²) in [5.41, 5.74) is 14.1. The Morgan fingerprint density at radius 2 is 0.626 bits per heavy atom. The molecule has 6 N–H and O–H groups in total. The lowest BCUT2D eigenvalue weighted by molar-refractivity contribution is 0.101. The second-order valence-electron chi connectivity index (χ2n) is 29.7. The summed E-state index contributed by atoms with van der Waals surface area (Å²) in [7, 11) is -14.3. The van der Waals surface area contributed by atoms with Crippen molar-refractivity contribution < 1.29 is 54.0 Å². The van der Waals surface area contributed by atoms with E-state index < -0.39 is 57.1 Å². The van der Waals surface area contributed by atoms with Gasteiger partial charge in [0.15, 0.2) is 0 Å². The zero-order chi connectivity index (χ0) is 92.4. The quantitative estimate of drug-likeness (QED) is 0.0461. The summed E-state index contributed by atoms with van der Waals surface area (Å²) in [6.07, 6.45) is 23.2. The van der Waals surface area contributed by atoms with Crippen LogP contribution in [-0.4, -0.2) is 126 Å². The maximum absolute atomic E-state index is 12.6. The highest BCUT2D eigenvalue weighted by Gasteiger charge is 2.25. The summed E-state index contributed by atoms with van der Waals surface area (Å²) in [6, 6.07) is 69.5. The lowest BCUT2D eigenvalue weighted by atomic mass is 10.1. The molecule has 6 amide bonds. The van der Waals surface area contributed by atoms with Gasteiger partial charge in [0, 0.05) is 198 Å². The van der Waals surface area contributed by atoms with Gasteiger partial charge in [-0.15, -0.1) is 0 Å². The van der Waals surface area contributed by atoms with Gasteiger partial charge in [-0.3, -0.25) is 78.9 Å². The molecule has 6 unspecified atom stereocenters. The highest BCUT2D eigenvalue weighted by Crippen LogP contribution is 2.36. The normalized spacial score (nSPS) is 19.0. The van der Waals surface area contributed by atoms with Gasteiger partial charge in [0.25, 0.3) is 35.4 Å². The number of nitrogens with zero attached hydrogens (tertiary/aromatic N) is 6. The Bertz CT molecular complexity index is 7620. The fraction of sp³-hybridized carbons (Fsp3) is 0. The van der Waals surface area contributed by atoms with Crippen LogP contribution >= 0.6 is 15.9 Å². The fourth-order valence-corrected chi connectivity index (χ4v) is 22.2. The number of aromatic nitrogens is 6. The van der Waals surface area contributed by atoms with E-state index in [1.165, 1.54) is 6.20 Å². The molecule has 6 aliphatic rings. The molecule has 14 aromatic rings. The molecule has 0 spiro atoms. The third-order valence-electron chi connectivity index (χ3n) is 20.4. The number of rotatable bonds is 13. The number of halogens is 1. The summed E-state index contributed by atoms with van der Waals surface area (Å²) < 4.78 is 74.2. The Labute approximate surface area is 765 Å². The summed E-state index contributed by atoms with van der Waals surface area (Å²) in [5, 5.41) is 27.3. The number of fused-ring (bicyclic) bond motifs is 7. The van der Waals surface area contributed by atoms with E-state index in [-0.39, 0.29) is 35.4 Å². The molecule has 0 fully saturated rings. The van der Waals surface area contributed by atoms with E-state index >= 15 is 0 Å². The van der Waals surface area contributed by atoms with E-state index in [0.29, 0.717) is 102 Å². The first-order chi connectivity index (χ1) is 62.7. The number of anilines is 6. The number of para-hydroxylation sites is 1. The SMILES string of the molecule is C=S1(=O)C=Cc2ccc(NC(=O)c3ccccn3)cc21.C=S1(=O)C=Cc2ccc(NC(=O)c3cccnc3)cc21.C=S1(=O)C=Cc2ccc(NC(=O)c3ccnc(-c4ccccc4)c3)cc21.C=S1(=O)C=Cc2ccc(NC(=O)c3ccnc(Br)c3)cc21.C=S1(=O)C=Cc2ccc(NC(=O)c3ccncc3)cc21.C=S1(=O)C=Cc2ccc(NC(=O)c3cnc4ccccc4c3)cc21. The molecule has 6 atom stereocenters. The van der Waals surface area contributed by atoms with Crippen LogP contribution in [0.2, 0.25) is 0 Å². The van der Waals surface area contributed by atoms with Crippen LogP contribution in [-0.2, 0) is 57.1 Å². The van der Waals surface area contributed by atoms with Gasteiger partial charge in [0.2, 0.25) is 0 Å². The van der Waals surface area contributed by atoms with E-state index in [0.717, 1.165) is 55.5 Å². The minimum absolute atomic E-state index is 0.228. The molecule has 24 nitrogen and oxygen atoms in total. The molecule has 131 heavy (non-hydrogen) atoms. The number of carbonyl (C=O) groups excluding carboxylic acids is 6. The van der Waals surface area contributed by atoms with E-state index in [4.69, 9.17) is 0 Å². The zero-order valence-electron chi connectivity index (χ0n) is 69.2. The minimum Gasteiger partial charge on any atom is -0.322 e. The second-order valence-corrected chi connectivity index (χ2v) is 43.5. The molecule has 0 aliphatic carbocycles. The Morgan fingerprint density at radius 3 is 1.02 bits per heavy atom. The zero-order valence-corrected chi connectivity index (χ0v) is 75.7. The first kappa shape index (κ1) is 90.6. The number of carbonyl (C=O) groups is 6. The highest BCUT2D eigenvalue weighted by atomic mass is 79.9. The molecule has 6 aliphatic heterocycles. The van der Waals surface area contributed by atoms with E-state index in [2.05, 4.69) is 113 Å². The van der Waals surface area contributed by atoms with Gasteiger partial charge in [-0.05, 0) is 299 Å². The van der Waals surface area contributed by atoms with Crippen LogP contribution in [0.3, 0.4) is 0 Å². The first-order valence-electron chi connectivity index (χ1n) is 39.4. The average molecular weight is 1910 g/mol. The van der Waals surface area contributed by atoms with Gasteiger partial charge in [-0.1, -0.05) is 91.0 Å². The Morgan fingerprint density at radius 1 is 0.267 bits per heavy atom. The molecule has 0 bridgehead atoms. The van der Waals surface area contributed by atoms with E-state index in [9.17, 15) is 54.0 Å². The third-order valence-corrected chi connectivity index (χ3v) is 30.8. The maximum Gasteiger partial charge on any atom is 0.274 e. The molecule has 8 aromatic carbocycles. The molecule has 0 saturated heterocycles. The maximum atomic E-state index is 12.6. The molecular weight excluding hydrogens is 1830 g/mol. The van der Waals surface area contributed by atoms with Crippen molar-refractivity contribution in [2.24, 2.45) is 0 Å². The molecule has 0 radical (unpaired) electrons. The first-order valence-corrected chi connectivity index (χ1v) is 51.0. The summed E-state index contributed by atoms with van der Waals surface area (Å²) in [4.78, 5) is 102. The Balaban J connectivity index is 0.000000121. The topological polar surface area (TPSA) is 354 Å². The summed E-state index contributed by atoms with van der Waals surface area (Å²) in [6.45, 7) is 0. The minimum atomic E-state index is -2.41. The molecular formula is C100H77BrN12O12S6. The van der Waals surface area contributed by atoms with Crippen LogP contribution in [0.15, 0.2) is 353 Å². The Kier molecular flexibility index (Phi) is 26.5. The molecule has 6 aromatic heterocycles. The van der Waals surface area contributed by atoms with E-state index in [1.807, 2.05) is 91.0 Å². The van der Waals surface area contributed by atoms with Crippen molar-refractivity contribution in [3.63, 3.8) is 0 Å². The lowest BCUT2D eigenvalue weighted by Gasteiger charge is -2.09. The van der Waals surface area contributed by atoms with Gasteiger partial charge >= 0.3 is 0 Å². The van der Waals surface area contributed by atoms with Gasteiger partial charge in [-0.25, -0.2) is 4.98 Å². The summed E-state index contributed by atoms with van der Waals surface area (Å²) >= 11 is 3.23. The van der Waals surface area contributed by atoms with Crippen molar-refractivity contribution in [1.29, 1.82) is 0 Å². The number of benzene rings is 8. The van der Waals surface area contributed by atoms with Gasteiger partial charge in [0.05, 0.1) is 22.3 Å². The molecule has 0 saturated carbocycles. The number of hydrogen-bond donors (Lipinski definition) is 6. The number of amides is 6. The van der Waals surface area contributed by atoms with Gasteiger partial charge < -0.3 is 31.9 Å². The summed E-state index contributed by atoms with van der Waals surface area (Å²) in [5.74, 6) is 20.8. The van der Waals surface area contributed by atoms with Gasteiger partial charge in [0.1, 0.15) is 10.3 Å². The molecule has 31 heteroatoms. The molecule has 652 valence electrons. The fourth-order valence-electron chi connectivity index (χ4n) is 13.6. The van der Waals surface area contributed by atoms with Crippen LogP contribution in [0.5, 0.6) is 0 Å². The van der Waals surface area contributed by atoms with Crippen molar-refractivity contribution in [1.82, 2.24) is 29.9 Å². The monoisotopic (exact) mass is 1910 g/mol. The van der Waals surface area contributed by atoms with Crippen LogP contribution in [0, 0.1) is 0 Å². The molecule has 12 heterocycles. The molecule has 20 rings (SSSR count). The van der Waals surface area contributed by atoms with Crippen molar-refractivity contribution >= 4 is 225 Å². The Hall–Kier alpha value is -15.2. The van der Waals surface area contributed by atoms with Crippen LogP contribution in [0.25, 0.3) is 58.6 Å². The van der Waals surface area contributed by atoms with Crippen molar-refractivity contribution in [2.75, 3.05) is 31.9 Å². The predicted molar refractivity (Wildman–Crippen MR) is 538 cm³/mol. The number of hydrogen-bond acceptors (Lipinski definition) is 18. The van der Waals surface area contributed by atoms with Crippen molar-refractivity contribution in [3.05, 3.63) is 390 Å². The highest BCUT2D eigenvalue weighted by molar-refractivity contribution is 9.10. The van der Waals surface area contributed by atoms with Gasteiger partial charge in [-0.2, -0.15) is 0 Å². The van der Waals surface area contributed by atoms with E-state index in [1.54, 1.807) is 258 Å². The van der Waals surface area contributed by atoms with Crippen molar-refractivity contribution in [2.45, 2.75) is 29.4 Å².